The molecule has 0 saturated carbocycles. The van der Waals surface area contributed by atoms with E-state index in [1.54, 1.807) is 0 Å². The Morgan fingerprint density at radius 3 is 2.89 bits per heavy atom. The van der Waals surface area contributed by atoms with Gasteiger partial charge in [-0.15, -0.1) is 10.2 Å². The van der Waals surface area contributed by atoms with E-state index in [0.717, 1.165) is 35.1 Å². The number of anilines is 1. The highest BCUT2D eigenvalue weighted by atomic mass is 32.2. The number of rotatable bonds is 3. The van der Waals surface area contributed by atoms with Gasteiger partial charge < -0.3 is 9.88 Å². The lowest BCUT2D eigenvalue weighted by Gasteiger charge is -2.20. The number of para-hydroxylation sites is 2. The van der Waals surface area contributed by atoms with Gasteiger partial charge in [0.05, 0.1) is 5.25 Å². The maximum atomic E-state index is 12.9. The summed E-state index contributed by atoms with van der Waals surface area (Å²) in [6, 6.07) is 16.0. The molecule has 0 radical (unpaired) electrons. The SMILES string of the molecule is C[C@H](Sc1nnc2c(n1)[nH]c1ccccc12)C(=O)N1CCc2ccccc21. The molecule has 6 nitrogen and oxygen atoms in total. The van der Waals surface area contributed by atoms with Crippen LogP contribution < -0.4 is 4.90 Å². The van der Waals surface area contributed by atoms with E-state index in [1.165, 1.54) is 17.3 Å². The first-order chi connectivity index (χ1) is 13.2. The molecule has 3 heterocycles. The number of aromatic nitrogens is 4. The Bertz CT molecular complexity index is 1170. The van der Waals surface area contributed by atoms with Gasteiger partial charge in [0.2, 0.25) is 11.1 Å². The second kappa shape index (κ2) is 6.35. The van der Waals surface area contributed by atoms with Crippen molar-refractivity contribution in [3.63, 3.8) is 0 Å². The van der Waals surface area contributed by atoms with Gasteiger partial charge in [0.15, 0.2) is 5.65 Å². The fraction of sp³-hybridized carbons (Fsp3) is 0.200. The topological polar surface area (TPSA) is 74.8 Å². The van der Waals surface area contributed by atoms with E-state index in [4.69, 9.17) is 0 Å². The molecule has 1 aliphatic heterocycles. The Morgan fingerprint density at radius 1 is 1.15 bits per heavy atom. The van der Waals surface area contributed by atoms with Crippen molar-refractivity contribution in [1.82, 2.24) is 20.2 Å². The largest absolute Gasteiger partial charge is 0.338 e. The van der Waals surface area contributed by atoms with Gasteiger partial charge in [-0.3, -0.25) is 4.79 Å². The number of H-pyrrole nitrogens is 1. The predicted octanol–water partition coefficient (Wildman–Crippen LogP) is 3.58. The van der Waals surface area contributed by atoms with Gasteiger partial charge in [-0.25, -0.2) is 4.98 Å². The summed E-state index contributed by atoms with van der Waals surface area (Å²) in [5, 5.41) is 9.77. The molecule has 1 aliphatic rings. The molecule has 1 amide bonds. The smallest absolute Gasteiger partial charge is 0.240 e. The number of carbonyl (C=O) groups excluding carboxylic acids is 1. The van der Waals surface area contributed by atoms with E-state index < -0.39 is 0 Å². The van der Waals surface area contributed by atoms with E-state index >= 15 is 0 Å². The molecule has 1 atom stereocenters. The minimum absolute atomic E-state index is 0.0743. The maximum absolute atomic E-state index is 12.9. The first-order valence-electron chi connectivity index (χ1n) is 8.88. The zero-order valence-corrected chi connectivity index (χ0v) is 15.5. The fourth-order valence-electron chi connectivity index (χ4n) is 3.55. The summed E-state index contributed by atoms with van der Waals surface area (Å²) < 4.78 is 0. The average Bonchev–Trinajstić information content (AvgIpc) is 3.28. The zero-order chi connectivity index (χ0) is 18.4. The molecule has 1 N–H and O–H groups in total. The molecule has 134 valence electrons. The van der Waals surface area contributed by atoms with Crippen LogP contribution in [0.15, 0.2) is 53.7 Å². The summed E-state index contributed by atoms with van der Waals surface area (Å²) in [4.78, 5) is 22.6. The number of nitrogens with one attached hydrogen (secondary N) is 1. The molecule has 4 aromatic rings. The van der Waals surface area contributed by atoms with Gasteiger partial charge in [-0.2, -0.15) is 0 Å². The van der Waals surface area contributed by atoms with Crippen molar-refractivity contribution in [3.8, 4) is 0 Å². The second-order valence-electron chi connectivity index (χ2n) is 6.59. The van der Waals surface area contributed by atoms with E-state index in [2.05, 4.69) is 26.2 Å². The highest BCUT2D eigenvalue weighted by molar-refractivity contribution is 8.00. The zero-order valence-electron chi connectivity index (χ0n) is 14.7. The maximum Gasteiger partial charge on any atom is 0.240 e. The molecular weight excluding hydrogens is 358 g/mol. The Hall–Kier alpha value is -2.93. The third-order valence-electron chi connectivity index (χ3n) is 4.89. The summed E-state index contributed by atoms with van der Waals surface area (Å²) in [6.45, 7) is 2.62. The van der Waals surface area contributed by atoms with Crippen LogP contribution in [-0.2, 0) is 11.2 Å². The van der Waals surface area contributed by atoms with Crippen molar-refractivity contribution in [2.45, 2.75) is 23.8 Å². The lowest BCUT2D eigenvalue weighted by atomic mass is 10.2. The predicted molar refractivity (Wildman–Crippen MR) is 107 cm³/mol. The summed E-state index contributed by atoms with van der Waals surface area (Å²) in [7, 11) is 0. The normalized spacial score (nSPS) is 14.6. The highest BCUT2D eigenvalue weighted by Crippen LogP contribution is 2.31. The van der Waals surface area contributed by atoms with Gasteiger partial charge >= 0.3 is 0 Å². The third-order valence-corrected chi connectivity index (χ3v) is 5.82. The lowest BCUT2D eigenvalue weighted by Crippen LogP contribution is -2.35. The summed E-state index contributed by atoms with van der Waals surface area (Å²) in [5.41, 5.74) is 4.66. The van der Waals surface area contributed by atoms with Crippen LogP contribution in [-0.4, -0.2) is 37.9 Å². The minimum Gasteiger partial charge on any atom is -0.338 e. The Labute approximate surface area is 160 Å². The van der Waals surface area contributed by atoms with E-state index in [-0.39, 0.29) is 11.2 Å². The van der Waals surface area contributed by atoms with Crippen molar-refractivity contribution in [2.75, 3.05) is 11.4 Å². The molecule has 27 heavy (non-hydrogen) atoms. The summed E-state index contributed by atoms with van der Waals surface area (Å²) in [6.07, 6.45) is 0.901. The lowest BCUT2D eigenvalue weighted by molar-refractivity contribution is -0.117. The van der Waals surface area contributed by atoms with Crippen LogP contribution in [0.5, 0.6) is 0 Å². The van der Waals surface area contributed by atoms with E-state index in [9.17, 15) is 4.79 Å². The van der Waals surface area contributed by atoms with Crippen LogP contribution >= 0.6 is 11.8 Å². The Kier molecular flexibility index (Phi) is 3.82. The molecular formula is C20H17N5OS. The van der Waals surface area contributed by atoms with Gasteiger partial charge in [-0.05, 0) is 31.0 Å². The van der Waals surface area contributed by atoms with E-state index in [0.29, 0.717) is 10.8 Å². The number of carbonyl (C=O) groups is 1. The van der Waals surface area contributed by atoms with Crippen molar-refractivity contribution in [3.05, 3.63) is 54.1 Å². The minimum atomic E-state index is -0.292. The van der Waals surface area contributed by atoms with Crippen molar-refractivity contribution < 1.29 is 4.79 Å². The van der Waals surface area contributed by atoms with Crippen LogP contribution in [0.25, 0.3) is 22.1 Å². The second-order valence-corrected chi connectivity index (χ2v) is 7.90. The number of thioether (sulfide) groups is 1. The molecule has 7 heteroatoms. The average molecular weight is 375 g/mol. The molecule has 0 aliphatic carbocycles. The number of aromatic amines is 1. The highest BCUT2D eigenvalue weighted by Gasteiger charge is 2.29. The van der Waals surface area contributed by atoms with Crippen LogP contribution in [0.3, 0.4) is 0 Å². The van der Waals surface area contributed by atoms with Crippen molar-refractivity contribution >= 4 is 45.4 Å². The number of nitrogens with zero attached hydrogens (tertiary/aromatic N) is 4. The monoisotopic (exact) mass is 375 g/mol. The summed E-state index contributed by atoms with van der Waals surface area (Å²) in [5.74, 6) is 0.0743. The molecule has 2 aromatic heterocycles. The number of amides is 1. The first kappa shape index (κ1) is 16.3. The number of fused-ring (bicyclic) bond motifs is 4. The molecule has 0 bridgehead atoms. The molecule has 5 rings (SSSR count). The molecule has 0 saturated heterocycles. The Morgan fingerprint density at radius 2 is 1.96 bits per heavy atom. The van der Waals surface area contributed by atoms with Gasteiger partial charge in [0.25, 0.3) is 0 Å². The fourth-order valence-corrected chi connectivity index (χ4v) is 4.33. The van der Waals surface area contributed by atoms with Gasteiger partial charge in [-0.1, -0.05) is 48.2 Å². The Balaban J connectivity index is 1.40. The van der Waals surface area contributed by atoms with Crippen molar-refractivity contribution in [1.29, 1.82) is 0 Å². The number of benzene rings is 2. The van der Waals surface area contributed by atoms with Crippen molar-refractivity contribution in [2.24, 2.45) is 0 Å². The quantitative estimate of drug-likeness (QED) is 0.554. The molecule has 0 fully saturated rings. The summed E-state index contributed by atoms with van der Waals surface area (Å²) >= 11 is 1.34. The van der Waals surface area contributed by atoms with Crippen LogP contribution in [0.2, 0.25) is 0 Å². The van der Waals surface area contributed by atoms with Crippen LogP contribution in [0, 0.1) is 0 Å². The van der Waals surface area contributed by atoms with E-state index in [1.807, 2.05) is 54.3 Å². The van der Waals surface area contributed by atoms with Gasteiger partial charge in [0, 0.05) is 23.1 Å². The van der Waals surface area contributed by atoms with Crippen LogP contribution in [0.1, 0.15) is 12.5 Å². The number of hydrogen-bond donors (Lipinski definition) is 1. The molecule has 2 aromatic carbocycles. The standard InChI is InChI=1S/C20H17N5OS/c1-12(19(26)25-11-10-13-6-2-5-9-16(13)25)27-20-22-18-17(23-24-20)14-7-3-4-8-15(14)21-18/h2-9,12H,10-11H2,1H3,(H,21,22,24)/t12-/m0/s1. The number of hydrogen-bond acceptors (Lipinski definition) is 5. The van der Waals surface area contributed by atoms with Gasteiger partial charge in [0.1, 0.15) is 5.52 Å². The first-order valence-corrected chi connectivity index (χ1v) is 9.76. The third kappa shape index (κ3) is 2.75. The van der Waals surface area contributed by atoms with Crippen LogP contribution in [0.4, 0.5) is 5.69 Å². The molecule has 0 spiro atoms. The molecule has 0 unspecified atom stereocenters.